The van der Waals surface area contributed by atoms with Gasteiger partial charge in [0, 0.05) is 26.3 Å². The molecule has 1 aliphatic heterocycles. The maximum absolute atomic E-state index is 10.9. The topological polar surface area (TPSA) is 81.6 Å². The molecule has 1 saturated heterocycles. The summed E-state index contributed by atoms with van der Waals surface area (Å²) in [4.78, 5) is 12.7. The number of nitro groups is 1. The Morgan fingerprint density at radius 3 is 3.05 bits per heavy atom. The van der Waals surface area contributed by atoms with Crippen LogP contribution in [0.5, 0.6) is 0 Å². The number of nitrogen functional groups attached to an aromatic ring is 1. The second kappa shape index (κ2) is 5.99. The van der Waals surface area contributed by atoms with E-state index in [0.717, 1.165) is 31.5 Å². The lowest BCUT2D eigenvalue weighted by Crippen LogP contribution is -2.38. The van der Waals surface area contributed by atoms with Crippen molar-refractivity contribution in [2.24, 2.45) is 0 Å². The number of nitrogens with two attached hydrogens (primary N) is 1. The molecular formula is C13H19N3O3. The van der Waals surface area contributed by atoms with Gasteiger partial charge >= 0.3 is 0 Å². The molecule has 1 fully saturated rings. The summed E-state index contributed by atoms with van der Waals surface area (Å²) in [5, 5.41) is 10.9. The lowest BCUT2D eigenvalue weighted by molar-refractivity contribution is -0.384. The first-order chi connectivity index (χ1) is 9.10. The van der Waals surface area contributed by atoms with Crippen LogP contribution >= 0.6 is 0 Å². The molecule has 0 aromatic heterocycles. The number of nitrogens with zero attached hydrogens (tertiary/aromatic N) is 2. The SMILES string of the molecule is COC1CCCN(Cc2ccc(N)c([N+](=O)[O-])c2)C1. The molecule has 0 bridgehead atoms. The number of benzene rings is 1. The van der Waals surface area contributed by atoms with Gasteiger partial charge in [0.1, 0.15) is 5.69 Å². The van der Waals surface area contributed by atoms with E-state index in [1.807, 2.05) is 6.07 Å². The molecule has 2 rings (SSSR count). The molecule has 1 heterocycles. The number of nitro benzene ring substituents is 1. The number of methoxy groups -OCH3 is 1. The Morgan fingerprint density at radius 2 is 2.37 bits per heavy atom. The maximum atomic E-state index is 10.9. The highest BCUT2D eigenvalue weighted by Crippen LogP contribution is 2.24. The first-order valence-corrected chi connectivity index (χ1v) is 6.38. The molecule has 0 spiro atoms. The molecule has 1 unspecified atom stereocenters. The summed E-state index contributed by atoms with van der Waals surface area (Å²) < 4.78 is 5.37. The van der Waals surface area contributed by atoms with Gasteiger partial charge in [0.05, 0.1) is 11.0 Å². The van der Waals surface area contributed by atoms with E-state index < -0.39 is 4.92 Å². The number of ether oxygens (including phenoxy) is 1. The highest BCUT2D eigenvalue weighted by Gasteiger charge is 2.20. The lowest BCUT2D eigenvalue weighted by Gasteiger charge is -2.31. The summed E-state index contributed by atoms with van der Waals surface area (Å²) in [7, 11) is 1.72. The zero-order valence-corrected chi connectivity index (χ0v) is 11.0. The smallest absolute Gasteiger partial charge is 0.292 e. The van der Waals surface area contributed by atoms with Gasteiger partial charge in [0.2, 0.25) is 0 Å². The highest BCUT2D eigenvalue weighted by atomic mass is 16.6. The highest BCUT2D eigenvalue weighted by molar-refractivity contribution is 5.59. The molecule has 1 aromatic rings. The maximum Gasteiger partial charge on any atom is 0.292 e. The van der Waals surface area contributed by atoms with E-state index in [2.05, 4.69) is 4.90 Å². The van der Waals surface area contributed by atoms with E-state index in [0.29, 0.717) is 6.54 Å². The minimum Gasteiger partial charge on any atom is -0.393 e. The van der Waals surface area contributed by atoms with Crippen molar-refractivity contribution in [1.29, 1.82) is 0 Å². The lowest BCUT2D eigenvalue weighted by atomic mass is 10.1. The number of hydrogen-bond donors (Lipinski definition) is 1. The predicted octanol–water partition coefficient (Wildman–Crippen LogP) is 1.79. The Balaban J connectivity index is 2.06. The zero-order valence-electron chi connectivity index (χ0n) is 11.0. The molecule has 1 atom stereocenters. The van der Waals surface area contributed by atoms with Crippen LogP contribution in [0.15, 0.2) is 18.2 Å². The Bertz CT molecular complexity index is 464. The van der Waals surface area contributed by atoms with Gasteiger partial charge in [-0.1, -0.05) is 6.07 Å². The van der Waals surface area contributed by atoms with Crippen LogP contribution in [0, 0.1) is 10.1 Å². The fourth-order valence-electron chi connectivity index (χ4n) is 2.45. The summed E-state index contributed by atoms with van der Waals surface area (Å²) in [5.41, 5.74) is 6.70. The Kier molecular flexibility index (Phi) is 4.34. The number of rotatable bonds is 4. The molecule has 1 aromatic carbocycles. The average molecular weight is 265 g/mol. The molecule has 0 radical (unpaired) electrons. The van der Waals surface area contributed by atoms with Gasteiger partial charge in [-0.25, -0.2) is 0 Å². The second-order valence-electron chi connectivity index (χ2n) is 4.89. The molecule has 1 aliphatic rings. The van der Waals surface area contributed by atoms with Crippen molar-refractivity contribution in [3.05, 3.63) is 33.9 Å². The fourth-order valence-corrected chi connectivity index (χ4v) is 2.45. The number of likely N-dealkylation sites (tertiary alicyclic amines) is 1. The molecule has 0 aliphatic carbocycles. The van der Waals surface area contributed by atoms with Crippen LogP contribution in [0.1, 0.15) is 18.4 Å². The molecular weight excluding hydrogens is 246 g/mol. The first kappa shape index (κ1) is 13.8. The predicted molar refractivity (Wildman–Crippen MR) is 72.8 cm³/mol. The van der Waals surface area contributed by atoms with E-state index in [9.17, 15) is 10.1 Å². The van der Waals surface area contributed by atoms with Gasteiger partial charge in [0.15, 0.2) is 0 Å². The number of piperidine rings is 1. The van der Waals surface area contributed by atoms with Crippen LogP contribution in [0.4, 0.5) is 11.4 Å². The Hall–Kier alpha value is -1.66. The molecule has 19 heavy (non-hydrogen) atoms. The standard InChI is InChI=1S/C13H19N3O3/c1-19-11-3-2-6-15(9-11)8-10-4-5-12(14)13(7-10)16(17)18/h4-5,7,11H,2-3,6,8-9,14H2,1H3. The van der Waals surface area contributed by atoms with E-state index in [1.165, 1.54) is 0 Å². The van der Waals surface area contributed by atoms with Crippen LogP contribution in [-0.4, -0.2) is 36.1 Å². The average Bonchev–Trinajstić information content (AvgIpc) is 2.41. The van der Waals surface area contributed by atoms with Crippen LogP contribution in [0.25, 0.3) is 0 Å². The van der Waals surface area contributed by atoms with Crippen LogP contribution in [0.2, 0.25) is 0 Å². The van der Waals surface area contributed by atoms with Crippen molar-refractivity contribution >= 4 is 11.4 Å². The van der Waals surface area contributed by atoms with Gasteiger partial charge < -0.3 is 10.5 Å². The molecule has 6 nitrogen and oxygen atoms in total. The van der Waals surface area contributed by atoms with Crippen LogP contribution in [-0.2, 0) is 11.3 Å². The third-order valence-corrected chi connectivity index (χ3v) is 3.49. The van der Waals surface area contributed by atoms with E-state index in [-0.39, 0.29) is 17.5 Å². The minimum absolute atomic E-state index is 0.0159. The van der Waals surface area contributed by atoms with Crippen molar-refractivity contribution in [3.63, 3.8) is 0 Å². The van der Waals surface area contributed by atoms with Crippen molar-refractivity contribution in [3.8, 4) is 0 Å². The van der Waals surface area contributed by atoms with Crippen molar-refractivity contribution < 1.29 is 9.66 Å². The fraction of sp³-hybridized carbons (Fsp3) is 0.538. The van der Waals surface area contributed by atoms with Crippen molar-refractivity contribution in [2.45, 2.75) is 25.5 Å². The third-order valence-electron chi connectivity index (χ3n) is 3.49. The van der Waals surface area contributed by atoms with E-state index in [4.69, 9.17) is 10.5 Å². The normalized spacial score (nSPS) is 20.4. The summed E-state index contributed by atoms with van der Waals surface area (Å²) in [6.07, 6.45) is 2.43. The second-order valence-corrected chi connectivity index (χ2v) is 4.89. The number of hydrogen-bond acceptors (Lipinski definition) is 5. The van der Waals surface area contributed by atoms with Crippen LogP contribution < -0.4 is 5.73 Å². The van der Waals surface area contributed by atoms with Gasteiger partial charge in [-0.15, -0.1) is 0 Å². The van der Waals surface area contributed by atoms with Gasteiger partial charge in [-0.3, -0.25) is 15.0 Å². The Morgan fingerprint density at radius 1 is 1.58 bits per heavy atom. The van der Waals surface area contributed by atoms with Crippen molar-refractivity contribution in [2.75, 3.05) is 25.9 Å². The minimum atomic E-state index is -0.438. The molecule has 104 valence electrons. The number of anilines is 1. The summed E-state index contributed by atoms with van der Waals surface area (Å²) >= 11 is 0. The quantitative estimate of drug-likeness (QED) is 0.510. The zero-order chi connectivity index (χ0) is 13.8. The van der Waals surface area contributed by atoms with Gasteiger partial charge in [-0.2, -0.15) is 0 Å². The first-order valence-electron chi connectivity index (χ1n) is 6.38. The van der Waals surface area contributed by atoms with E-state index >= 15 is 0 Å². The summed E-state index contributed by atoms with van der Waals surface area (Å²) in [6.45, 7) is 2.56. The third kappa shape index (κ3) is 3.42. The van der Waals surface area contributed by atoms with E-state index in [1.54, 1.807) is 19.2 Å². The van der Waals surface area contributed by atoms with Crippen LogP contribution in [0.3, 0.4) is 0 Å². The van der Waals surface area contributed by atoms with Gasteiger partial charge in [-0.05, 0) is 31.0 Å². The Labute approximate surface area is 112 Å². The largest absolute Gasteiger partial charge is 0.393 e. The summed E-state index contributed by atoms with van der Waals surface area (Å²) in [5.74, 6) is 0. The molecule has 0 amide bonds. The van der Waals surface area contributed by atoms with Gasteiger partial charge in [0.25, 0.3) is 5.69 Å². The summed E-state index contributed by atoms with van der Waals surface area (Å²) in [6, 6.07) is 5.01. The molecule has 2 N–H and O–H groups in total. The monoisotopic (exact) mass is 265 g/mol. The van der Waals surface area contributed by atoms with Crippen molar-refractivity contribution in [1.82, 2.24) is 4.90 Å². The molecule has 6 heteroatoms. The molecule has 0 saturated carbocycles.